The molecule has 0 spiro atoms. The van der Waals surface area contributed by atoms with E-state index >= 15 is 0 Å². The first-order valence-corrected chi connectivity index (χ1v) is 12.8. The summed E-state index contributed by atoms with van der Waals surface area (Å²) in [6.45, 7) is 5.84. The Morgan fingerprint density at radius 1 is 1.00 bits per heavy atom. The number of fused-ring (bicyclic) bond motifs is 2. The lowest BCUT2D eigenvalue weighted by atomic mass is 9.69. The van der Waals surface area contributed by atoms with E-state index in [-0.39, 0.29) is 17.7 Å². The van der Waals surface area contributed by atoms with Crippen LogP contribution >= 0.6 is 11.3 Å². The average molecular weight is 513 g/mol. The number of rotatable bonds is 5. The van der Waals surface area contributed by atoms with Gasteiger partial charge in [0.05, 0.1) is 11.1 Å². The lowest BCUT2D eigenvalue weighted by Gasteiger charge is -2.37. The van der Waals surface area contributed by atoms with Gasteiger partial charge in [0, 0.05) is 53.3 Å². The summed E-state index contributed by atoms with van der Waals surface area (Å²) in [6, 6.07) is 19.0. The number of hydrogen-bond acceptors (Lipinski definition) is 6. The Morgan fingerprint density at radius 3 is 2.41 bits per heavy atom. The zero-order chi connectivity index (χ0) is 26.3. The molecule has 1 atom stereocenters. The predicted molar refractivity (Wildman–Crippen MR) is 145 cm³/mol. The molecule has 0 saturated carbocycles. The maximum absolute atomic E-state index is 13.5. The summed E-state index contributed by atoms with van der Waals surface area (Å²) in [6.07, 6.45) is 1.75. The minimum atomic E-state index is -0.828. The third-order valence-corrected chi connectivity index (χ3v) is 7.45. The summed E-state index contributed by atoms with van der Waals surface area (Å²) < 4.78 is 6.25. The molecule has 0 radical (unpaired) electrons. The van der Waals surface area contributed by atoms with Crippen molar-refractivity contribution < 1.29 is 14.3 Å². The highest BCUT2D eigenvalue weighted by Gasteiger charge is 2.44. The van der Waals surface area contributed by atoms with E-state index in [9.17, 15) is 9.59 Å². The molecule has 0 unspecified atom stereocenters. The molecule has 2 amide bonds. The van der Waals surface area contributed by atoms with Gasteiger partial charge in [0.25, 0.3) is 5.91 Å². The number of ether oxygens (including phenoxy) is 1. The second-order valence-corrected chi connectivity index (χ2v) is 11.1. The van der Waals surface area contributed by atoms with E-state index in [1.165, 1.54) is 11.3 Å². The Labute approximate surface area is 220 Å². The van der Waals surface area contributed by atoms with Gasteiger partial charge in [0.1, 0.15) is 5.75 Å². The highest BCUT2D eigenvalue weighted by atomic mass is 32.1. The molecule has 37 heavy (non-hydrogen) atoms. The topological polar surface area (TPSA) is 84.4 Å². The number of hydrogen-bond donors (Lipinski definition) is 1. The van der Waals surface area contributed by atoms with Crippen LogP contribution in [0.2, 0.25) is 0 Å². The molecular weight excluding hydrogens is 484 g/mol. The van der Waals surface area contributed by atoms with Gasteiger partial charge in [-0.1, -0.05) is 50.2 Å². The molecule has 0 saturated heterocycles. The molecule has 5 rings (SSSR count). The van der Waals surface area contributed by atoms with Crippen molar-refractivity contribution in [1.82, 2.24) is 14.9 Å². The van der Waals surface area contributed by atoms with Gasteiger partial charge >= 0.3 is 0 Å². The molecular formula is C29H28N4O3S. The average Bonchev–Trinajstić information content (AvgIpc) is 3.30. The van der Waals surface area contributed by atoms with Crippen molar-refractivity contribution in [3.8, 4) is 22.9 Å². The third-order valence-electron chi connectivity index (χ3n) is 6.62. The number of nitrogens with zero attached hydrogens (tertiary/aromatic N) is 3. The van der Waals surface area contributed by atoms with Crippen LogP contribution < -0.4 is 10.1 Å². The Morgan fingerprint density at radius 2 is 1.73 bits per heavy atom. The van der Waals surface area contributed by atoms with Gasteiger partial charge in [0.15, 0.2) is 5.13 Å². The van der Waals surface area contributed by atoms with Crippen LogP contribution in [0.15, 0.2) is 66.9 Å². The Balaban J connectivity index is 1.52. The number of para-hydroxylation sites is 1. The van der Waals surface area contributed by atoms with Crippen molar-refractivity contribution in [2.24, 2.45) is 5.41 Å². The van der Waals surface area contributed by atoms with Crippen LogP contribution in [-0.4, -0.2) is 40.8 Å². The van der Waals surface area contributed by atoms with Crippen LogP contribution in [0.1, 0.15) is 46.1 Å². The van der Waals surface area contributed by atoms with Crippen LogP contribution in [0.4, 0.5) is 5.13 Å². The molecule has 2 aromatic carbocycles. The van der Waals surface area contributed by atoms with Crippen LogP contribution in [0.5, 0.6) is 11.6 Å². The molecule has 1 aliphatic heterocycles. The number of benzene rings is 2. The number of nitrogens with one attached hydrogen (secondary N) is 1. The number of aryl methyl sites for hydroxylation is 1. The van der Waals surface area contributed by atoms with E-state index in [0.717, 1.165) is 27.3 Å². The highest BCUT2D eigenvalue weighted by molar-refractivity contribution is 7.15. The van der Waals surface area contributed by atoms with Gasteiger partial charge in [-0.3, -0.25) is 9.59 Å². The normalized spacial score (nSPS) is 14.2. The molecule has 1 N–H and O–H groups in total. The quantitative estimate of drug-likeness (QED) is 0.348. The van der Waals surface area contributed by atoms with E-state index < -0.39 is 5.41 Å². The van der Waals surface area contributed by atoms with Crippen molar-refractivity contribution in [2.45, 2.75) is 26.7 Å². The van der Waals surface area contributed by atoms with Crippen molar-refractivity contribution >= 4 is 28.3 Å². The first kappa shape index (κ1) is 24.6. The molecule has 8 heteroatoms. The van der Waals surface area contributed by atoms with Gasteiger partial charge < -0.3 is 15.0 Å². The lowest BCUT2D eigenvalue weighted by molar-refractivity contribution is -0.124. The highest BCUT2D eigenvalue weighted by Crippen LogP contribution is 2.52. The summed E-state index contributed by atoms with van der Waals surface area (Å²) in [7, 11) is 3.46. The van der Waals surface area contributed by atoms with Crippen molar-refractivity contribution in [2.75, 3.05) is 19.4 Å². The molecule has 2 aromatic heterocycles. The second-order valence-electron chi connectivity index (χ2n) is 9.89. The number of carbonyl (C=O) groups excluding carboxylic acids is 2. The van der Waals surface area contributed by atoms with Gasteiger partial charge in [-0.25, -0.2) is 9.97 Å². The first-order chi connectivity index (χ1) is 17.6. The summed E-state index contributed by atoms with van der Waals surface area (Å²) in [4.78, 5) is 37.5. The number of amides is 2. The Bertz CT molecular complexity index is 1490. The molecule has 0 bridgehead atoms. The second kappa shape index (κ2) is 9.44. The van der Waals surface area contributed by atoms with Crippen molar-refractivity contribution in [3.05, 3.63) is 88.4 Å². The predicted octanol–water partition coefficient (Wildman–Crippen LogP) is 6.12. The summed E-state index contributed by atoms with van der Waals surface area (Å²) in [5.74, 6) is 0.694. The van der Waals surface area contributed by atoms with E-state index in [1.807, 2.05) is 69.3 Å². The monoisotopic (exact) mass is 512 g/mol. The van der Waals surface area contributed by atoms with E-state index in [2.05, 4.69) is 10.3 Å². The van der Waals surface area contributed by atoms with Crippen LogP contribution in [-0.2, 0) is 4.79 Å². The Hall–Kier alpha value is -4.04. The molecule has 0 aliphatic carbocycles. The largest absolute Gasteiger partial charge is 0.438 e. The van der Waals surface area contributed by atoms with Gasteiger partial charge in [0.2, 0.25) is 11.8 Å². The molecule has 1 aliphatic rings. The molecule has 3 heterocycles. The minimum Gasteiger partial charge on any atom is -0.438 e. The molecule has 4 aromatic rings. The smallest absolute Gasteiger partial charge is 0.253 e. The number of carbonyl (C=O) groups is 2. The summed E-state index contributed by atoms with van der Waals surface area (Å²) in [5.41, 5.74) is 3.16. The Kier molecular flexibility index (Phi) is 6.29. The third kappa shape index (κ3) is 4.60. The summed E-state index contributed by atoms with van der Waals surface area (Å²) >= 11 is 1.45. The number of thiazole rings is 1. The first-order valence-electron chi connectivity index (χ1n) is 12.0. The van der Waals surface area contributed by atoms with Crippen molar-refractivity contribution in [1.29, 1.82) is 0 Å². The fourth-order valence-corrected chi connectivity index (χ4v) is 5.28. The van der Waals surface area contributed by atoms with Crippen molar-refractivity contribution in [3.63, 3.8) is 0 Å². The molecule has 188 valence electrons. The van der Waals surface area contributed by atoms with E-state index in [1.54, 1.807) is 37.3 Å². The maximum Gasteiger partial charge on any atom is 0.253 e. The lowest BCUT2D eigenvalue weighted by Crippen LogP contribution is -2.38. The minimum absolute atomic E-state index is 0.0545. The maximum atomic E-state index is 13.5. The van der Waals surface area contributed by atoms with Crippen LogP contribution in [0.3, 0.4) is 0 Å². The van der Waals surface area contributed by atoms with E-state index in [4.69, 9.17) is 9.72 Å². The fraction of sp³-hybridized carbons (Fsp3) is 0.241. The molecule has 7 nitrogen and oxygen atoms in total. The summed E-state index contributed by atoms with van der Waals surface area (Å²) in [5, 5.41) is 3.58. The van der Waals surface area contributed by atoms with E-state index in [0.29, 0.717) is 22.3 Å². The number of anilines is 1. The number of aromatic nitrogens is 2. The van der Waals surface area contributed by atoms with Crippen LogP contribution in [0.25, 0.3) is 11.3 Å². The van der Waals surface area contributed by atoms with Gasteiger partial charge in [-0.2, -0.15) is 0 Å². The SMILES string of the molecule is Cc1cnc(NC(=O)C(C)(C)[C@H]2c3ccccc3Oc3nc(-c4ccc(C(=O)N(C)C)cc4)ccc32)s1. The zero-order valence-corrected chi connectivity index (χ0v) is 22.2. The number of pyridine rings is 1. The van der Waals surface area contributed by atoms with Gasteiger partial charge in [-0.15, -0.1) is 11.3 Å². The van der Waals surface area contributed by atoms with Crippen LogP contribution in [0, 0.1) is 12.3 Å². The fourth-order valence-electron chi connectivity index (χ4n) is 4.62. The van der Waals surface area contributed by atoms with Gasteiger partial charge in [-0.05, 0) is 31.2 Å². The zero-order valence-electron chi connectivity index (χ0n) is 21.4. The standard InChI is InChI=1S/C29H28N4O3S/c1-17-16-30-28(37-17)32-27(35)29(2,3)24-20-8-6-7-9-23(20)36-25-21(24)14-15-22(31-25)18-10-12-19(13-11-18)26(34)33(4)5/h6-16,24H,1-5H3,(H,30,32,35)/t24-/m0/s1. The molecule has 0 fully saturated rings.